The first-order valence-corrected chi connectivity index (χ1v) is 36.3. The number of hydrogen-bond acceptors (Lipinski definition) is 5. The van der Waals surface area contributed by atoms with Crippen molar-refractivity contribution >= 4 is 11.9 Å². The second kappa shape index (κ2) is 69.6. The Hall–Kier alpha value is -1.92. The van der Waals surface area contributed by atoms with E-state index < -0.39 is 12.1 Å². The minimum absolute atomic E-state index is 0.0163. The number of amides is 1. The van der Waals surface area contributed by atoms with Crippen LogP contribution >= 0.6 is 0 Å². The van der Waals surface area contributed by atoms with Crippen molar-refractivity contribution < 1.29 is 24.5 Å². The highest BCUT2D eigenvalue weighted by atomic mass is 16.5. The predicted octanol–water partition coefficient (Wildman–Crippen LogP) is 23.5. The van der Waals surface area contributed by atoms with Gasteiger partial charge < -0.3 is 20.3 Å². The molecule has 6 nitrogen and oxygen atoms in total. The molecule has 0 aliphatic rings. The molecule has 0 aromatic carbocycles. The van der Waals surface area contributed by atoms with Crippen LogP contribution in [0.1, 0.15) is 399 Å². The van der Waals surface area contributed by atoms with E-state index in [-0.39, 0.29) is 18.5 Å². The Kier molecular flexibility index (Phi) is 67.9. The number of aliphatic hydroxyl groups excluding tert-OH is 2. The Morgan fingerprint density at radius 3 is 0.950 bits per heavy atom. The third-order valence-electron chi connectivity index (χ3n) is 16.9. The molecule has 0 spiro atoms. The lowest BCUT2D eigenvalue weighted by atomic mass is 10.0. The maximum Gasteiger partial charge on any atom is 0.305 e. The minimum atomic E-state index is -0.844. The number of aliphatic hydroxyl groups is 2. The van der Waals surface area contributed by atoms with E-state index in [2.05, 4.69) is 43.5 Å². The fraction of sp³-hybridized carbons (Fsp3) is 0.892. The molecule has 2 atom stereocenters. The highest BCUT2D eigenvalue weighted by molar-refractivity contribution is 5.76. The van der Waals surface area contributed by atoms with Gasteiger partial charge in [0.1, 0.15) is 0 Å². The van der Waals surface area contributed by atoms with Crippen molar-refractivity contribution in [1.82, 2.24) is 5.32 Å². The summed E-state index contributed by atoms with van der Waals surface area (Å²) in [5.74, 6) is -0.0482. The number of nitrogens with one attached hydrogen (secondary N) is 1. The number of allylic oxidation sites excluding steroid dienone is 5. The van der Waals surface area contributed by atoms with Crippen LogP contribution in [0.5, 0.6) is 0 Å². The van der Waals surface area contributed by atoms with Gasteiger partial charge in [-0.05, 0) is 64.2 Å². The van der Waals surface area contributed by atoms with Gasteiger partial charge in [0.15, 0.2) is 0 Å². The van der Waals surface area contributed by atoms with Crippen LogP contribution in [0.4, 0.5) is 0 Å². The summed E-state index contributed by atoms with van der Waals surface area (Å²) in [6, 6.07) is -0.628. The number of unbranched alkanes of at least 4 members (excludes halogenated alkanes) is 53. The summed E-state index contributed by atoms with van der Waals surface area (Å²) in [4.78, 5) is 24.6. The Balaban J connectivity index is 3.40. The molecule has 3 N–H and O–H groups in total. The van der Waals surface area contributed by atoms with Crippen molar-refractivity contribution in [3.05, 3.63) is 36.5 Å². The summed E-state index contributed by atoms with van der Waals surface area (Å²) in [6.07, 6.45) is 89.5. The fourth-order valence-corrected chi connectivity index (χ4v) is 11.4. The molecule has 472 valence electrons. The Morgan fingerprint density at radius 2 is 0.625 bits per heavy atom. The molecule has 6 heteroatoms. The van der Waals surface area contributed by atoms with Crippen molar-refractivity contribution in [3.63, 3.8) is 0 Å². The van der Waals surface area contributed by atoms with Crippen molar-refractivity contribution in [2.45, 2.75) is 411 Å². The van der Waals surface area contributed by atoms with Crippen molar-refractivity contribution in [2.75, 3.05) is 13.2 Å². The van der Waals surface area contributed by atoms with E-state index in [1.54, 1.807) is 6.08 Å². The number of carbonyl (C=O) groups excluding carboxylic acids is 2. The highest BCUT2D eigenvalue weighted by Crippen LogP contribution is 2.19. The molecule has 0 saturated carbocycles. The van der Waals surface area contributed by atoms with Crippen LogP contribution in [0.2, 0.25) is 0 Å². The first-order valence-electron chi connectivity index (χ1n) is 36.3. The fourth-order valence-electron chi connectivity index (χ4n) is 11.4. The number of ether oxygens (including phenoxy) is 1. The van der Waals surface area contributed by atoms with E-state index in [1.807, 2.05) is 6.08 Å². The molecule has 2 unspecified atom stereocenters. The second-order valence-corrected chi connectivity index (χ2v) is 24.9. The van der Waals surface area contributed by atoms with Gasteiger partial charge in [-0.1, -0.05) is 359 Å². The van der Waals surface area contributed by atoms with E-state index in [1.165, 1.54) is 327 Å². The number of rotatable bonds is 68. The van der Waals surface area contributed by atoms with Gasteiger partial charge >= 0.3 is 5.97 Å². The highest BCUT2D eigenvalue weighted by Gasteiger charge is 2.18. The van der Waals surface area contributed by atoms with Crippen LogP contribution in [-0.2, 0) is 14.3 Å². The molecule has 0 radical (unpaired) electrons. The van der Waals surface area contributed by atoms with E-state index in [0.29, 0.717) is 19.4 Å². The molecule has 0 aromatic rings. The van der Waals surface area contributed by atoms with Crippen LogP contribution in [0.15, 0.2) is 36.5 Å². The van der Waals surface area contributed by atoms with Gasteiger partial charge in [0.05, 0.1) is 25.4 Å². The Morgan fingerprint density at radius 1 is 0.350 bits per heavy atom. The van der Waals surface area contributed by atoms with E-state index in [0.717, 1.165) is 44.9 Å². The normalized spacial score (nSPS) is 12.7. The van der Waals surface area contributed by atoms with Crippen LogP contribution in [0, 0.1) is 0 Å². The lowest BCUT2D eigenvalue weighted by Gasteiger charge is -2.20. The van der Waals surface area contributed by atoms with Crippen molar-refractivity contribution in [2.24, 2.45) is 0 Å². The van der Waals surface area contributed by atoms with E-state index in [4.69, 9.17) is 4.74 Å². The summed E-state index contributed by atoms with van der Waals surface area (Å²) in [6.45, 7) is 4.94. The smallest absolute Gasteiger partial charge is 0.305 e. The molecule has 80 heavy (non-hydrogen) atoms. The Labute approximate surface area is 500 Å². The average molecular weight is 1120 g/mol. The number of esters is 1. The van der Waals surface area contributed by atoms with Crippen LogP contribution < -0.4 is 5.32 Å². The zero-order valence-corrected chi connectivity index (χ0v) is 54.1. The van der Waals surface area contributed by atoms with Gasteiger partial charge in [0, 0.05) is 12.8 Å². The third kappa shape index (κ3) is 65.2. The molecule has 0 heterocycles. The lowest BCUT2D eigenvalue weighted by Crippen LogP contribution is -2.45. The summed E-state index contributed by atoms with van der Waals surface area (Å²) in [7, 11) is 0. The molecule has 1 amide bonds. The SMILES string of the molecule is CCCCCCCCCCCCCCCCC/C=C/C(O)C(CO)NC(=O)CCCCCCCCCCCCCCCCC/C=C\C/C=C\CCCCCCCCCCCOC(=O)CCCCCCCCCCCCCCCCC. The zero-order chi connectivity index (χ0) is 57.8. The van der Waals surface area contributed by atoms with Gasteiger partial charge in [-0.2, -0.15) is 0 Å². The average Bonchev–Trinajstić information content (AvgIpc) is 3.46. The van der Waals surface area contributed by atoms with Gasteiger partial charge in [0.2, 0.25) is 5.91 Å². The molecule has 0 aliphatic carbocycles. The monoisotopic (exact) mass is 1120 g/mol. The third-order valence-corrected chi connectivity index (χ3v) is 16.9. The lowest BCUT2D eigenvalue weighted by molar-refractivity contribution is -0.143. The molecule has 0 aliphatic heterocycles. The summed E-state index contributed by atoms with van der Waals surface area (Å²) < 4.78 is 5.50. The molecule has 0 saturated heterocycles. The van der Waals surface area contributed by atoms with Crippen molar-refractivity contribution in [1.29, 1.82) is 0 Å². The molecule has 0 bridgehead atoms. The largest absolute Gasteiger partial charge is 0.466 e. The predicted molar refractivity (Wildman–Crippen MR) is 352 cm³/mol. The number of carbonyl (C=O) groups is 2. The van der Waals surface area contributed by atoms with Gasteiger partial charge in [-0.3, -0.25) is 9.59 Å². The first-order chi connectivity index (χ1) is 39.5. The van der Waals surface area contributed by atoms with E-state index >= 15 is 0 Å². The van der Waals surface area contributed by atoms with Crippen LogP contribution in [0.25, 0.3) is 0 Å². The maximum atomic E-state index is 12.5. The standard InChI is InChI=1S/C74H141NO5/c1-3-5-7-9-11-13-15-17-19-35-39-42-46-50-54-58-62-66-72(77)71(70-76)75-73(78)67-63-59-55-51-47-43-40-36-33-31-29-27-25-23-21-20-22-24-26-28-30-32-34-37-41-45-49-53-57-61-65-69-80-74(79)68-64-60-56-52-48-44-38-18-16-14-12-10-8-6-4-2/h22,24,28,30,62,66,71-72,76-77H,3-21,23,25-27,29,31-61,63-65,67-70H2,1-2H3,(H,75,78)/b24-22-,30-28-,66-62+. The molecule has 0 rings (SSSR count). The minimum Gasteiger partial charge on any atom is -0.466 e. The van der Waals surface area contributed by atoms with Crippen LogP contribution in [0.3, 0.4) is 0 Å². The molecule has 0 aromatic heterocycles. The van der Waals surface area contributed by atoms with E-state index in [9.17, 15) is 19.8 Å². The van der Waals surface area contributed by atoms with Crippen LogP contribution in [-0.4, -0.2) is 47.4 Å². The zero-order valence-electron chi connectivity index (χ0n) is 54.1. The Bertz CT molecular complexity index is 1300. The summed E-state index contributed by atoms with van der Waals surface area (Å²) in [5.41, 5.74) is 0. The molecular formula is C74H141NO5. The first kappa shape index (κ1) is 78.1. The number of hydrogen-bond donors (Lipinski definition) is 3. The molecular weight excluding hydrogens is 983 g/mol. The van der Waals surface area contributed by atoms with Crippen molar-refractivity contribution in [3.8, 4) is 0 Å². The van der Waals surface area contributed by atoms with Gasteiger partial charge in [-0.25, -0.2) is 0 Å². The van der Waals surface area contributed by atoms with Gasteiger partial charge in [0.25, 0.3) is 0 Å². The second-order valence-electron chi connectivity index (χ2n) is 24.9. The van der Waals surface area contributed by atoms with Gasteiger partial charge in [-0.15, -0.1) is 0 Å². The molecule has 0 fully saturated rings. The topological polar surface area (TPSA) is 95.9 Å². The quantitative estimate of drug-likeness (QED) is 0.0320. The summed E-state index contributed by atoms with van der Waals surface area (Å²) in [5, 5.41) is 23.2. The maximum absolute atomic E-state index is 12.5. The summed E-state index contributed by atoms with van der Waals surface area (Å²) >= 11 is 0.